The van der Waals surface area contributed by atoms with Crippen molar-refractivity contribution in [3.05, 3.63) is 91.7 Å². The van der Waals surface area contributed by atoms with E-state index in [2.05, 4.69) is 52.1 Å². The summed E-state index contributed by atoms with van der Waals surface area (Å²) >= 11 is 6.89. The van der Waals surface area contributed by atoms with Gasteiger partial charge in [-0.25, -0.2) is 9.97 Å². The lowest BCUT2D eigenvalue weighted by atomic mass is 10.1. The van der Waals surface area contributed by atoms with E-state index in [9.17, 15) is 9.90 Å². The molecule has 3 heterocycles. The van der Waals surface area contributed by atoms with E-state index in [4.69, 9.17) is 4.98 Å². The van der Waals surface area contributed by atoms with Crippen molar-refractivity contribution in [2.24, 2.45) is 0 Å². The van der Waals surface area contributed by atoms with Crippen molar-refractivity contribution >= 4 is 48.6 Å². The van der Waals surface area contributed by atoms with Gasteiger partial charge in [-0.2, -0.15) is 0 Å². The molecule has 0 spiro atoms. The molecule has 0 saturated heterocycles. The number of nitrogens with one attached hydrogen (secondary N) is 3. The molecule has 34 heavy (non-hydrogen) atoms. The Kier molecular flexibility index (Phi) is 6.11. The Morgan fingerprint density at radius 3 is 2.71 bits per heavy atom. The monoisotopic (exact) mass is 582 g/mol. The zero-order chi connectivity index (χ0) is 23.8. The summed E-state index contributed by atoms with van der Waals surface area (Å²) in [5, 5.41) is 13.9. The summed E-state index contributed by atoms with van der Waals surface area (Å²) in [4.78, 5) is 27.7. The minimum atomic E-state index is -0.781. The van der Waals surface area contributed by atoms with Gasteiger partial charge in [-0.1, -0.05) is 31.9 Å². The Morgan fingerprint density at radius 1 is 1.18 bits per heavy atom. The van der Waals surface area contributed by atoms with Crippen LogP contribution in [0.1, 0.15) is 17.2 Å². The fraction of sp³-hybridized carbons (Fsp3) is 0.125. The average Bonchev–Trinajstić information content (AvgIpc) is 3.47. The first-order valence-electron chi connectivity index (χ1n) is 10.5. The Morgan fingerprint density at radius 2 is 1.97 bits per heavy atom. The molecule has 172 valence electrons. The molecular formula is C24H20Br2N6O2. The molecule has 0 aliphatic carbocycles. The summed E-state index contributed by atoms with van der Waals surface area (Å²) in [6, 6.07) is 11.4. The number of pyridine rings is 1. The molecule has 1 unspecified atom stereocenters. The van der Waals surface area contributed by atoms with Crippen LogP contribution in [-0.4, -0.2) is 36.2 Å². The molecule has 4 N–H and O–H groups in total. The largest absolute Gasteiger partial charge is 0.387 e. The van der Waals surface area contributed by atoms with Crippen molar-refractivity contribution in [3.8, 4) is 17.1 Å². The lowest BCUT2D eigenvalue weighted by Crippen LogP contribution is -2.17. The fourth-order valence-electron chi connectivity index (χ4n) is 3.90. The van der Waals surface area contributed by atoms with Gasteiger partial charge in [-0.15, -0.1) is 0 Å². The first-order chi connectivity index (χ1) is 16.4. The van der Waals surface area contributed by atoms with E-state index in [1.165, 1.54) is 0 Å². The lowest BCUT2D eigenvalue weighted by Gasteiger charge is -2.15. The van der Waals surface area contributed by atoms with Gasteiger partial charge >= 0.3 is 0 Å². The first-order valence-corrected chi connectivity index (χ1v) is 12.1. The van der Waals surface area contributed by atoms with Gasteiger partial charge in [0.15, 0.2) is 0 Å². The Labute approximate surface area is 211 Å². The number of anilines is 1. The standard InChI is InChI=1S/C24H20Br2N6O2/c1-13-6-17(32-5-4-27-12-32)10-19-22(13)31-23(30-19)21-18(2-3-28-24(21)34)29-11-20(33)14-7-15(25)9-16(26)8-14/h2-10,12,20,33H,11H2,1H3,(H,30,31)(H2,28,29,34). The van der Waals surface area contributed by atoms with Gasteiger partial charge in [0.05, 0.1) is 29.2 Å². The topological polar surface area (TPSA) is 112 Å². The van der Waals surface area contributed by atoms with Crippen molar-refractivity contribution < 1.29 is 5.11 Å². The molecule has 0 radical (unpaired) electrons. The summed E-state index contributed by atoms with van der Waals surface area (Å²) in [6.07, 6.45) is 6.12. The number of fused-ring (bicyclic) bond motifs is 1. The molecule has 3 aromatic heterocycles. The lowest BCUT2D eigenvalue weighted by molar-refractivity contribution is 0.191. The van der Waals surface area contributed by atoms with E-state index >= 15 is 0 Å². The van der Waals surface area contributed by atoms with Crippen LogP contribution in [0, 0.1) is 6.92 Å². The van der Waals surface area contributed by atoms with Crippen LogP contribution in [0.25, 0.3) is 28.1 Å². The molecule has 0 amide bonds. The molecule has 0 saturated carbocycles. The van der Waals surface area contributed by atoms with E-state index in [1.54, 1.807) is 24.8 Å². The fourth-order valence-corrected chi connectivity index (χ4v) is 5.23. The number of aliphatic hydroxyl groups excluding tert-OH is 1. The maximum absolute atomic E-state index is 12.8. The zero-order valence-electron chi connectivity index (χ0n) is 18.0. The number of aliphatic hydroxyl groups is 1. The predicted molar refractivity (Wildman–Crippen MR) is 139 cm³/mol. The third-order valence-corrected chi connectivity index (χ3v) is 6.43. The van der Waals surface area contributed by atoms with Gasteiger partial charge in [0.25, 0.3) is 5.56 Å². The number of halogens is 2. The second-order valence-corrected chi connectivity index (χ2v) is 9.74. The second kappa shape index (κ2) is 9.21. The zero-order valence-corrected chi connectivity index (χ0v) is 21.2. The summed E-state index contributed by atoms with van der Waals surface area (Å²) in [5.74, 6) is 0.449. The number of hydrogen-bond donors (Lipinski definition) is 4. The van der Waals surface area contributed by atoms with Crippen molar-refractivity contribution in [2.45, 2.75) is 13.0 Å². The van der Waals surface area contributed by atoms with Gasteiger partial charge < -0.3 is 25.0 Å². The molecule has 0 fully saturated rings. The molecular weight excluding hydrogens is 564 g/mol. The maximum Gasteiger partial charge on any atom is 0.261 e. The van der Waals surface area contributed by atoms with Crippen molar-refractivity contribution in [1.82, 2.24) is 24.5 Å². The van der Waals surface area contributed by atoms with Crippen LogP contribution in [0.2, 0.25) is 0 Å². The van der Waals surface area contributed by atoms with Gasteiger partial charge in [0.1, 0.15) is 11.4 Å². The molecule has 8 nitrogen and oxygen atoms in total. The van der Waals surface area contributed by atoms with Gasteiger partial charge in [-0.05, 0) is 54.4 Å². The highest BCUT2D eigenvalue weighted by molar-refractivity contribution is 9.11. The minimum Gasteiger partial charge on any atom is -0.387 e. The Balaban J connectivity index is 1.49. The van der Waals surface area contributed by atoms with Gasteiger partial charge in [0.2, 0.25) is 0 Å². The number of H-pyrrole nitrogens is 2. The van der Waals surface area contributed by atoms with E-state index in [0.29, 0.717) is 17.1 Å². The summed E-state index contributed by atoms with van der Waals surface area (Å²) < 4.78 is 3.64. The third-order valence-electron chi connectivity index (χ3n) is 5.52. The second-order valence-electron chi connectivity index (χ2n) is 7.91. The van der Waals surface area contributed by atoms with Crippen molar-refractivity contribution in [1.29, 1.82) is 0 Å². The van der Waals surface area contributed by atoms with Crippen LogP contribution >= 0.6 is 31.9 Å². The predicted octanol–water partition coefficient (Wildman–Crippen LogP) is 5.08. The Bertz CT molecular complexity index is 1520. The first kappa shape index (κ1) is 22.6. The minimum absolute atomic E-state index is 0.212. The maximum atomic E-state index is 12.8. The number of aromatic nitrogens is 5. The normalized spacial score (nSPS) is 12.2. The van der Waals surface area contributed by atoms with E-state index in [-0.39, 0.29) is 12.1 Å². The molecule has 5 aromatic rings. The van der Waals surface area contributed by atoms with E-state index < -0.39 is 6.10 Å². The van der Waals surface area contributed by atoms with Crippen LogP contribution < -0.4 is 10.9 Å². The molecule has 10 heteroatoms. The molecule has 0 bridgehead atoms. The molecule has 0 aliphatic heterocycles. The van der Waals surface area contributed by atoms with Crippen LogP contribution in [0.15, 0.2) is 75.1 Å². The van der Waals surface area contributed by atoms with Crippen LogP contribution in [0.4, 0.5) is 5.69 Å². The van der Waals surface area contributed by atoms with Crippen LogP contribution in [0.5, 0.6) is 0 Å². The van der Waals surface area contributed by atoms with Gasteiger partial charge in [0, 0.05) is 39.8 Å². The quantitative estimate of drug-likeness (QED) is 0.223. The van der Waals surface area contributed by atoms with Crippen LogP contribution in [-0.2, 0) is 0 Å². The highest BCUT2D eigenvalue weighted by Gasteiger charge is 2.17. The highest BCUT2D eigenvalue weighted by atomic mass is 79.9. The molecule has 1 atom stereocenters. The van der Waals surface area contributed by atoms with E-state index in [0.717, 1.165) is 36.8 Å². The SMILES string of the molecule is Cc1cc(-n2ccnc2)cc2[nH]c(-c3c(NCC(O)c4cc(Br)cc(Br)c4)cc[nH]c3=O)nc12. The van der Waals surface area contributed by atoms with Crippen molar-refractivity contribution in [3.63, 3.8) is 0 Å². The molecule has 0 aliphatic rings. The number of rotatable bonds is 6. The number of aromatic amines is 2. The summed E-state index contributed by atoms with van der Waals surface area (Å²) in [6.45, 7) is 2.19. The number of imidazole rings is 2. The third kappa shape index (κ3) is 4.44. The van der Waals surface area contributed by atoms with Crippen molar-refractivity contribution in [2.75, 3.05) is 11.9 Å². The summed E-state index contributed by atoms with van der Waals surface area (Å²) in [5.41, 5.74) is 4.93. The smallest absolute Gasteiger partial charge is 0.261 e. The highest BCUT2D eigenvalue weighted by Crippen LogP contribution is 2.29. The summed E-state index contributed by atoms with van der Waals surface area (Å²) in [7, 11) is 0. The number of aryl methyl sites for hydroxylation is 1. The Hall–Kier alpha value is -3.21. The average molecular weight is 584 g/mol. The van der Waals surface area contributed by atoms with Gasteiger partial charge in [-0.3, -0.25) is 4.79 Å². The number of benzene rings is 2. The number of nitrogens with zero attached hydrogens (tertiary/aromatic N) is 3. The molecule has 5 rings (SSSR count). The number of hydrogen-bond acceptors (Lipinski definition) is 5. The molecule has 2 aromatic carbocycles. The van der Waals surface area contributed by atoms with E-state index in [1.807, 2.05) is 48.0 Å². The van der Waals surface area contributed by atoms with Crippen LogP contribution in [0.3, 0.4) is 0 Å².